The average Bonchev–Trinajstić information content (AvgIpc) is 2.39. The largest absolute Gasteiger partial charge is 0.490 e. The van der Waals surface area contributed by atoms with Crippen LogP contribution in [0.5, 0.6) is 5.75 Å². The highest BCUT2D eigenvalue weighted by Crippen LogP contribution is 2.26. The molecular formula is C16H27NO. The third-order valence-electron chi connectivity index (χ3n) is 3.27. The fraction of sp³-hybridized carbons (Fsp3) is 0.625. The van der Waals surface area contributed by atoms with E-state index in [0.29, 0.717) is 6.04 Å². The van der Waals surface area contributed by atoms with Gasteiger partial charge in [-0.15, -0.1) is 0 Å². The summed E-state index contributed by atoms with van der Waals surface area (Å²) in [5.74, 6) is 1.02. The summed E-state index contributed by atoms with van der Waals surface area (Å²) in [5, 5.41) is 3.55. The Morgan fingerprint density at radius 3 is 2.56 bits per heavy atom. The molecule has 0 heterocycles. The van der Waals surface area contributed by atoms with Gasteiger partial charge >= 0.3 is 0 Å². The number of para-hydroxylation sites is 1. The molecule has 0 radical (unpaired) electrons. The van der Waals surface area contributed by atoms with Crippen molar-refractivity contribution in [2.24, 2.45) is 0 Å². The molecule has 0 unspecified atom stereocenters. The third-order valence-corrected chi connectivity index (χ3v) is 3.27. The molecule has 1 rings (SSSR count). The summed E-state index contributed by atoms with van der Waals surface area (Å²) in [6.07, 6.45) is 3.75. The summed E-state index contributed by atoms with van der Waals surface area (Å²) in [6, 6.07) is 8.69. The zero-order valence-electron chi connectivity index (χ0n) is 12.2. The Hall–Kier alpha value is -1.02. The molecule has 1 aromatic rings. The van der Waals surface area contributed by atoms with Gasteiger partial charge in [0.2, 0.25) is 0 Å². The molecule has 2 nitrogen and oxygen atoms in total. The van der Waals surface area contributed by atoms with Crippen LogP contribution in [0.3, 0.4) is 0 Å². The van der Waals surface area contributed by atoms with Gasteiger partial charge in [-0.25, -0.2) is 0 Å². The van der Waals surface area contributed by atoms with E-state index in [0.717, 1.165) is 18.7 Å². The molecule has 102 valence electrons. The van der Waals surface area contributed by atoms with Crippen LogP contribution < -0.4 is 10.1 Å². The first-order valence-corrected chi connectivity index (χ1v) is 7.18. The Bertz CT molecular complexity index is 338. The highest BCUT2D eigenvalue weighted by molar-refractivity contribution is 5.35. The lowest BCUT2D eigenvalue weighted by molar-refractivity contribution is 0.213. The second kappa shape index (κ2) is 8.15. The second-order valence-electron chi connectivity index (χ2n) is 4.90. The van der Waals surface area contributed by atoms with E-state index in [2.05, 4.69) is 51.2 Å². The van der Waals surface area contributed by atoms with Gasteiger partial charge in [-0.3, -0.25) is 0 Å². The van der Waals surface area contributed by atoms with Crippen molar-refractivity contribution in [1.82, 2.24) is 5.32 Å². The first kappa shape index (κ1) is 15.0. The zero-order chi connectivity index (χ0) is 13.4. The van der Waals surface area contributed by atoms with Crippen molar-refractivity contribution in [2.45, 2.75) is 59.1 Å². The highest BCUT2D eigenvalue weighted by Gasteiger charge is 2.12. The summed E-state index contributed by atoms with van der Waals surface area (Å²) < 4.78 is 5.98. The van der Waals surface area contributed by atoms with Crippen LogP contribution in [0.4, 0.5) is 0 Å². The summed E-state index contributed by atoms with van der Waals surface area (Å²) in [5.41, 5.74) is 1.26. The molecule has 18 heavy (non-hydrogen) atoms. The van der Waals surface area contributed by atoms with Gasteiger partial charge in [0, 0.05) is 11.6 Å². The van der Waals surface area contributed by atoms with Crippen molar-refractivity contribution in [1.29, 1.82) is 0 Å². The van der Waals surface area contributed by atoms with Gasteiger partial charge in [0.1, 0.15) is 5.75 Å². The molecule has 2 atom stereocenters. The molecule has 1 aromatic carbocycles. The van der Waals surface area contributed by atoms with Crippen LogP contribution in [0.25, 0.3) is 0 Å². The van der Waals surface area contributed by atoms with Gasteiger partial charge in [0.25, 0.3) is 0 Å². The number of unbranched alkanes of at least 4 members (excludes halogenated alkanes) is 1. The number of rotatable bonds is 8. The third kappa shape index (κ3) is 4.69. The van der Waals surface area contributed by atoms with E-state index < -0.39 is 0 Å². The van der Waals surface area contributed by atoms with E-state index in [1.807, 2.05) is 6.07 Å². The normalized spacial score (nSPS) is 14.2. The molecular weight excluding hydrogens is 222 g/mol. The van der Waals surface area contributed by atoms with Gasteiger partial charge in [-0.1, -0.05) is 38.5 Å². The van der Waals surface area contributed by atoms with Crippen molar-refractivity contribution in [3.05, 3.63) is 29.8 Å². The van der Waals surface area contributed by atoms with Crippen LogP contribution >= 0.6 is 0 Å². The monoisotopic (exact) mass is 249 g/mol. The molecule has 0 amide bonds. The van der Waals surface area contributed by atoms with Gasteiger partial charge in [-0.2, -0.15) is 0 Å². The molecule has 1 N–H and O–H groups in total. The summed E-state index contributed by atoms with van der Waals surface area (Å²) in [4.78, 5) is 0. The molecule has 0 fully saturated rings. The minimum Gasteiger partial charge on any atom is -0.490 e. The van der Waals surface area contributed by atoms with E-state index in [1.165, 1.54) is 18.4 Å². The van der Waals surface area contributed by atoms with Crippen molar-refractivity contribution < 1.29 is 4.74 Å². The Labute approximate surface area is 112 Å². The van der Waals surface area contributed by atoms with Gasteiger partial charge in [-0.05, 0) is 39.3 Å². The molecule has 0 aliphatic heterocycles. The van der Waals surface area contributed by atoms with Crippen molar-refractivity contribution in [3.8, 4) is 5.75 Å². The van der Waals surface area contributed by atoms with Gasteiger partial charge < -0.3 is 10.1 Å². The first-order chi connectivity index (χ1) is 8.69. The lowest BCUT2D eigenvalue weighted by Crippen LogP contribution is -2.21. The van der Waals surface area contributed by atoms with E-state index in [4.69, 9.17) is 4.74 Å². The van der Waals surface area contributed by atoms with Crippen molar-refractivity contribution in [3.63, 3.8) is 0 Å². The highest BCUT2D eigenvalue weighted by atomic mass is 16.5. The van der Waals surface area contributed by atoms with Gasteiger partial charge in [0.05, 0.1) is 6.10 Å². The lowest BCUT2D eigenvalue weighted by atomic mass is 10.1. The van der Waals surface area contributed by atoms with E-state index in [1.54, 1.807) is 0 Å². The summed E-state index contributed by atoms with van der Waals surface area (Å²) >= 11 is 0. The Morgan fingerprint density at radius 1 is 1.17 bits per heavy atom. The van der Waals surface area contributed by atoms with Crippen LogP contribution in [0.15, 0.2) is 24.3 Å². The molecule has 0 saturated carbocycles. The van der Waals surface area contributed by atoms with Crippen molar-refractivity contribution >= 4 is 0 Å². The predicted molar refractivity (Wildman–Crippen MR) is 78.1 cm³/mol. The standard InChI is InChI=1S/C16H27NO/c1-5-7-12-17-14(4)15-10-8-9-11-16(15)18-13(3)6-2/h8-11,13-14,17H,5-7,12H2,1-4H3/t13-,14+/m0/s1. The molecule has 0 aliphatic rings. The Balaban J connectivity index is 2.68. The van der Waals surface area contributed by atoms with Crippen LogP contribution in [0, 0.1) is 0 Å². The molecule has 0 aliphatic carbocycles. The van der Waals surface area contributed by atoms with Gasteiger partial charge in [0.15, 0.2) is 0 Å². The second-order valence-corrected chi connectivity index (χ2v) is 4.90. The van der Waals surface area contributed by atoms with E-state index in [9.17, 15) is 0 Å². The average molecular weight is 249 g/mol. The smallest absolute Gasteiger partial charge is 0.124 e. The number of hydrogen-bond acceptors (Lipinski definition) is 2. The first-order valence-electron chi connectivity index (χ1n) is 7.18. The number of benzene rings is 1. The minimum atomic E-state index is 0.272. The maximum absolute atomic E-state index is 5.98. The number of ether oxygens (including phenoxy) is 1. The summed E-state index contributed by atoms with van der Waals surface area (Å²) in [6.45, 7) is 9.75. The van der Waals surface area contributed by atoms with E-state index >= 15 is 0 Å². The van der Waals surface area contributed by atoms with Crippen LogP contribution in [0.2, 0.25) is 0 Å². The fourth-order valence-corrected chi connectivity index (χ4v) is 1.85. The Morgan fingerprint density at radius 2 is 1.89 bits per heavy atom. The molecule has 0 aromatic heterocycles. The lowest BCUT2D eigenvalue weighted by Gasteiger charge is -2.20. The minimum absolute atomic E-state index is 0.272. The molecule has 0 bridgehead atoms. The topological polar surface area (TPSA) is 21.3 Å². The SMILES string of the molecule is CCCCN[C@H](C)c1ccccc1O[C@@H](C)CC. The zero-order valence-corrected chi connectivity index (χ0v) is 12.2. The number of hydrogen-bond donors (Lipinski definition) is 1. The maximum atomic E-state index is 5.98. The fourth-order valence-electron chi connectivity index (χ4n) is 1.85. The van der Waals surface area contributed by atoms with Crippen LogP contribution in [-0.2, 0) is 0 Å². The molecule has 0 saturated heterocycles. The van der Waals surface area contributed by atoms with Crippen LogP contribution in [-0.4, -0.2) is 12.6 Å². The van der Waals surface area contributed by atoms with Crippen LogP contribution in [0.1, 0.15) is 58.6 Å². The van der Waals surface area contributed by atoms with E-state index in [-0.39, 0.29) is 6.10 Å². The Kier molecular flexibility index (Phi) is 6.81. The molecule has 2 heteroatoms. The summed E-state index contributed by atoms with van der Waals surface area (Å²) in [7, 11) is 0. The predicted octanol–water partition coefficient (Wildman–Crippen LogP) is 4.31. The quantitative estimate of drug-likeness (QED) is 0.693. The van der Waals surface area contributed by atoms with Crippen molar-refractivity contribution in [2.75, 3.05) is 6.54 Å². The number of nitrogens with one attached hydrogen (secondary N) is 1. The molecule has 0 spiro atoms. The maximum Gasteiger partial charge on any atom is 0.124 e.